The number of carbonyl (C=O) groups is 2. The molecule has 0 spiro atoms. The molecule has 3 rings (SSSR count). The van der Waals surface area contributed by atoms with Crippen LogP contribution >= 0.6 is 0 Å². The highest BCUT2D eigenvalue weighted by atomic mass is 16.5. The van der Waals surface area contributed by atoms with E-state index in [1.807, 2.05) is 30.3 Å². The van der Waals surface area contributed by atoms with Crippen LogP contribution in [0.4, 0.5) is 0 Å². The third-order valence-corrected chi connectivity index (χ3v) is 5.18. The lowest BCUT2D eigenvalue weighted by Gasteiger charge is -2.19. The van der Waals surface area contributed by atoms with Gasteiger partial charge in [-0.05, 0) is 53.1 Å². The summed E-state index contributed by atoms with van der Waals surface area (Å²) in [5.41, 5.74) is 4.84. The van der Waals surface area contributed by atoms with Gasteiger partial charge in [-0.1, -0.05) is 54.6 Å². The van der Waals surface area contributed by atoms with Crippen molar-refractivity contribution in [3.8, 4) is 23.0 Å². The van der Waals surface area contributed by atoms with E-state index in [0.717, 1.165) is 5.56 Å². The van der Waals surface area contributed by atoms with E-state index in [2.05, 4.69) is 5.43 Å². The van der Waals surface area contributed by atoms with Gasteiger partial charge in [-0.15, -0.1) is 0 Å². The van der Waals surface area contributed by atoms with Crippen molar-refractivity contribution in [2.45, 2.75) is 19.1 Å². The van der Waals surface area contributed by atoms with E-state index in [9.17, 15) is 19.8 Å². The summed E-state index contributed by atoms with van der Waals surface area (Å²) in [7, 11) is 1.43. The number of nitrogens with two attached hydrogens (primary N) is 1. The van der Waals surface area contributed by atoms with Gasteiger partial charge in [0.1, 0.15) is 0 Å². The quantitative estimate of drug-likeness (QED) is 0.0996. The van der Waals surface area contributed by atoms with Crippen LogP contribution in [0.15, 0.2) is 78.9 Å². The summed E-state index contributed by atoms with van der Waals surface area (Å²) in [5.74, 6) is 5.27. The van der Waals surface area contributed by atoms with Crippen molar-refractivity contribution in [2.75, 3.05) is 7.11 Å². The SMILES string of the molecule is COc1cc(/C=C/C(=O)CC(=O)/C=C/c2ccc(O)c(OC(Cc3ccccc3)NN)c2)ccc1O. The number of benzene rings is 3. The Morgan fingerprint density at radius 2 is 1.44 bits per heavy atom. The molecule has 8 heteroatoms. The minimum atomic E-state index is -0.586. The molecule has 0 saturated carbocycles. The molecule has 0 radical (unpaired) electrons. The molecule has 0 saturated heterocycles. The molecule has 0 bridgehead atoms. The average molecular weight is 489 g/mol. The number of allylic oxidation sites excluding steroid dienone is 2. The van der Waals surface area contributed by atoms with Gasteiger partial charge in [0.15, 0.2) is 40.8 Å². The van der Waals surface area contributed by atoms with E-state index < -0.39 is 6.23 Å². The molecular formula is C28H28N2O6. The lowest BCUT2D eigenvalue weighted by molar-refractivity contribution is -0.121. The lowest BCUT2D eigenvalue weighted by Crippen LogP contribution is -2.41. The van der Waals surface area contributed by atoms with Crippen molar-refractivity contribution in [1.82, 2.24) is 5.43 Å². The second kappa shape index (κ2) is 12.9. The van der Waals surface area contributed by atoms with Crippen molar-refractivity contribution in [1.29, 1.82) is 0 Å². The zero-order valence-electron chi connectivity index (χ0n) is 19.8. The molecule has 1 unspecified atom stereocenters. The molecular weight excluding hydrogens is 460 g/mol. The van der Waals surface area contributed by atoms with Crippen molar-refractivity contribution < 1.29 is 29.3 Å². The fourth-order valence-electron chi connectivity index (χ4n) is 3.31. The Morgan fingerprint density at radius 3 is 2.00 bits per heavy atom. The summed E-state index contributed by atoms with van der Waals surface area (Å²) in [6.07, 6.45) is 5.27. The summed E-state index contributed by atoms with van der Waals surface area (Å²) in [6.45, 7) is 0. The van der Waals surface area contributed by atoms with Gasteiger partial charge in [0.25, 0.3) is 0 Å². The summed E-state index contributed by atoms with van der Waals surface area (Å²) in [5, 5.41) is 19.8. The average Bonchev–Trinajstić information content (AvgIpc) is 2.88. The fourth-order valence-corrected chi connectivity index (χ4v) is 3.31. The second-order valence-electron chi connectivity index (χ2n) is 7.90. The maximum absolute atomic E-state index is 12.3. The summed E-state index contributed by atoms with van der Waals surface area (Å²) in [4.78, 5) is 24.4. The van der Waals surface area contributed by atoms with E-state index >= 15 is 0 Å². The minimum Gasteiger partial charge on any atom is -0.504 e. The number of phenols is 2. The number of hydrazine groups is 1. The van der Waals surface area contributed by atoms with Gasteiger partial charge in [0, 0.05) is 6.42 Å². The highest BCUT2D eigenvalue weighted by Gasteiger charge is 2.13. The molecule has 36 heavy (non-hydrogen) atoms. The molecule has 186 valence electrons. The third-order valence-electron chi connectivity index (χ3n) is 5.18. The molecule has 5 N–H and O–H groups in total. The van der Waals surface area contributed by atoms with Crippen LogP contribution < -0.4 is 20.7 Å². The molecule has 0 aliphatic carbocycles. The zero-order chi connectivity index (χ0) is 25.9. The highest BCUT2D eigenvalue weighted by molar-refractivity contribution is 6.10. The second-order valence-corrected chi connectivity index (χ2v) is 7.90. The molecule has 0 aliphatic rings. The molecule has 3 aromatic rings. The summed E-state index contributed by atoms with van der Waals surface area (Å²) >= 11 is 0. The van der Waals surface area contributed by atoms with Crippen molar-refractivity contribution in [3.63, 3.8) is 0 Å². The van der Waals surface area contributed by atoms with Crippen LogP contribution in [0.5, 0.6) is 23.0 Å². The number of hydrogen-bond donors (Lipinski definition) is 4. The van der Waals surface area contributed by atoms with Crippen LogP contribution in [0.1, 0.15) is 23.1 Å². The maximum atomic E-state index is 12.3. The lowest BCUT2D eigenvalue weighted by atomic mass is 10.1. The molecule has 8 nitrogen and oxygen atoms in total. The predicted molar refractivity (Wildman–Crippen MR) is 137 cm³/mol. The molecule has 0 fully saturated rings. The van der Waals surface area contributed by atoms with E-state index in [1.54, 1.807) is 36.4 Å². The number of carbonyl (C=O) groups excluding carboxylic acids is 2. The van der Waals surface area contributed by atoms with Gasteiger partial charge in [-0.3, -0.25) is 15.4 Å². The molecule has 1 atom stereocenters. The summed E-state index contributed by atoms with van der Waals surface area (Å²) in [6, 6.07) is 18.9. The first-order chi connectivity index (χ1) is 17.4. The first kappa shape index (κ1) is 26.2. The van der Waals surface area contributed by atoms with E-state index in [-0.39, 0.29) is 41.0 Å². The predicted octanol–water partition coefficient (Wildman–Crippen LogP) is 3.77. The Hall–Kier alpha value is -4.40. The third kappa shape index (κ3) is 7.83. The first-order valence-corrected chi connectivity index (χ1v) is 11.2. The van der Waals surface area contributed by atoms with Crippen molar-refractivity contribution in [2.24, 2.45) is 5.84 Å². The number of aromatic hydroxyl groups is 2. The number of nitrogens with one attached hydrogen (secondary N) is 1. The summed E-state index contributed by atoms with van der Waals surface area (Å²) < 4.78 is 10.8. The number of methoxy groups -OCH3 is 1. The molecule has 0 amide bonds. The largest absolute Gasteiger partial charge is 0.504 e. The first-order valence-electron chi connectivity index (χ1n) is 11.2. The number of ketones is 2. The molecule has 0 aromatic heterocycles. The molecule has 0 aliphatic heterocycles. The Morgan fingerprint density at radius 1 is 0.889 bits per heavy atom. The zero-order valence-corrected chi connectivity index (χ0v) is 19.8. The normalized spacial score (nSPS) is 12.1. The van der Waals surface area contributed by atoms with Crippen LogP contribution in [0.2, 0.25) is 0 Å². The monoisotopic (exact) mass is 488 g/mol. The number of ether oxygens (including phenoxy) is 2. The molecule has 3 aromatic carbocycles. The van der Waals surface area contributed by atoms with E-state index in [0.29, 0.717) is 17.5 Å². The fraction of sp³-hybridized carbons (Fsp3) is 0.143. The van der Waals surface area contributed by atoms with E-state index in [1.165, 1.54) is 31.4 Å². The Kier molecular flexibility index (Phi) is 9.39. The number of rotatable bonds is 12. The number of hydrogen-bond acceptors (Lipinski definition) is 8. The van der Waals surface area contributed by atoms with Gasteiger partial charge in [0.2, 0.25) is 0 Å². The standard InChI is InChI=1S/C28H28N2O6/c1-35-26-15-20(9-13-24(26)33)7-11-22(31)18-23(32)12-8-21-10-14-25(34)27(16-21)36-28(30-29)17-19-5-3-2-4-6-19/h2-16,28,30,33-34H,17-18,29H2,1H3/b11-7+,12-8+. The van der Waals surface area contributed by atoms with Gasteiger partial charge in [-0.2, -0.15) is 0 Å². The van der Waals surface area contributed by atoms with E-state index in [4.69, 9.17) is 15.3 Å². The Bertz CT molecular complexity index is 1250. The minimum absolute atomic E-state index is 0.00455. The van der Waals surface area contributed by atoms with Crippen LogP contribution in [0.3, 0.4) is 0 Å². The molecule has 0 heterocycles. The van der Waals surface area contributed by atoms with Crippen LogP contribution in [-0.4, -0.2) is 35.1 Å². The van der Waals surface area contributed by atoms with Crippen LogP contribution in [0, 0.1) is 0 Å². The van der Waals surface area contributed by atoms with Gasteiger partial charge < -0.3 is 19.7 Å². The highest BCUT2D eigenvalue weighted by Crippen LogP contribution is 2.29. The van der Waals surface area contributed by atoms with Crippen LogP contribution in [-0.2, 0) is 16.0 Å². The van der Waals surface area contributed by atoms with Gasteiger partial charge >= 0.3 is 0 Å². The van der Waals surface area contributed by atoms with Gasteiger partial charge in [-0.25, -0.2) is 5.43 Å². The smallest absolute Gasteiger partial charge is 0.166 e. The van der Waals surface area contributed by atoms with Gasteiger partial charge in [0.05, 0.1) is 13.5 Å². The topological polar surface area (TPSA) is 131 Å². The Balaban J connectivity index is 1.59. The number of phenolic OH excluding ortho intramolecular Hbond substituents is 2. The maximum Gasteiger partial charge on any atom is 0.166 e. The van der Waals surface area contributed by atoms with Crippen molar-refractivity contribution in [3.05, 3.63) is 95.6 Å². The Labute approximate surface area is 209 Å². The van der Waals surface area contributed by atoms with Crippen molar-refractivity contribution >= 4 is 23.7 Å². The van der Waals surface area contributed by atoms with Crippen LogP contribution in [0.25, 0.3) is 12.2 Å².